The molecule has 1 aromatic heterocycles. The Morgan fingerprint density at radius 1 is 1.21 bits per heavy atom. The van der Waals surface area contributed by atoms with E-state index in [0.29, 0.717) is 16.3 Å². The average molecular weight is 410 g/mol. The third-order valence-electron chi connectivity index (χ3n) is 4.13. The fraction of sp³-hybridized carbons (Fsp3) is 0.222. The minimum Gasteiger partial charge on any atom is -0.339 e. The highest BCUT2D eigenvalue weighted by Crippen LogP contribution is 2.26. The molecule has 0 radical (unpaired) electrons. The van der Waals surface area contributed by atoms with Gasteiger partial charge in [0.1, 0.15) is 18.5 Å². The van der Waals surface area contributed by atoms with E-state index in [0.717, 1.165) is 12.5 Å². The Hall–Kier alpha value is -2.94. The van der Waals surface area contributed by atoms with E-state index in [-0.39, 0.29) is 5.56 Å². The molecule has 1 amide bonds. The van der Waals surface area contributed by atoms with E-state index < -0.39 is 24.5 Å². The number of alkyl halides is 3. The molecule has 0 saturated carbocycles. The molecule has 0 aliphatic heterocycles. The fourth-order valence-electron chi connectivity index (χ4n) is 2.44. The first-order chi connectivity index (χ1) is 13.3. The topological polar surface area (TPSA) is 72.7 Å². The second kappa shape index (κ2) is 7.97. The van der Waals surface area contributed by atoms with E-state index in [1.807, 2.05) is 0 Å². The van der Waals surface area contributed by atoms with Crippen LogP contribution in [0.3, 0.4) is 0 Å². The fourth-order valence-corrected chi connectivity index (χ4v) is 2.57. The molecule has 1 atom stereocenters. The molecular weight excluding hydrogens is 395 g/mol. The number of amides is 1. The molecule has 10 heteroatoms. The summed E-state index contributed by atoms with van der Waals surface area (Å²) < 4.78 is 40.7. The quantitative estimate of drug-likeness (QED) is 0.673. The predicted molar refractivity (Wildman–Crippen MR) is 97.5 cm³/mol. The van der Waals surface area contributed by atoms with Gasteiger partial charge in [0.2, 0.25) is 0 Å². The van der Waals surface area contributed by atoms with Gasteiger partial charge in [-0.25, -0.2) is 17.9 Å². The molecule has 0 fully saturated rings. The molecule has 0 spiro atoms. The lowest BCUT2D eigenvalue weighted by molar-refractivity contribution is 0.0239. The summed E-state index contributed by atoms with van der Waals surface area (Å²) in [7, 11) is 0. The summed E-state index contributed by atoms with van der Waals surface area (Å²) in [5.74, 6) is -0.842. The van der Waals surface area contributed by atoms with Crippen LogP contribution in [0.25, 0.3) is 16.8 Å². The number of tetrazole rings is 1. The lowest BCUT2D eigenvalue weighted by Gasteiger charge is -2.26. The highest BCUT2D eigenvalue weighted by atomic mass is 35.5. The molecule has 3 aromatic rings. The van der Waals surface area contributed by atoms with Crippen LogP contribution in [0, 0.1) is 0 Å². The van der Waals surface area contributed by atoms with Crippen molar-refractivity contribution < 1.29 is 18.0 Å². The summed E-state index contributed by atoms with van der Waals surface area (Å²) in [4.78, 5) is 12.6. The molecule has 1 unspecified atom stereocenters. The van der Waals surface area contributed by atoms with Crippen LogP contribution in [0.15, 0.2) is 48.8 Å². The van der Waals surface area contributed by atoms with Gasteiger partial charge in [0.25, 0.3) is 12.3 Å². The van der Waals surface area contributed by atoms with Gasteiger partial charge in [-0.2, -0.15) is 0 Å². The van der Waals surface area contributed by atoms with Crippen molar-refractivity contribution >= 4 is 17.5 Å². The van der Waals surface area contributed by atoms with Crippen LogP contribution in [0.2, 0.25) is 5.02 Å². The first-order valence-electron chi connectivity index (χ1n) is 8.13. The van der Waals surface area contributed by atoms with Gasteiger partial charge in [-0.1, -0.05) is 23.7 Å². The Labute approximate surface area is 163 Å². The van der Waals surface area contributed by atoms with Gasteiger partial charge in [-0.3, -0.25) is 4.79 Å². The molecule has 146 valence electrons. The zero-order chi connectivity index (χ0) is 20.3. The molecule has 6 nitrogen and oxygen atoms in total. The zero-order valence-corrected chi connectivity index (χ0v) is 15.4. The van der Waals surface area contributed by atoms with Gasteiger partial charge in [-0.15, -0.1) is 5.10 Å². The Morgan fingerprint density at radius 2 is 1.93 bits per heavy atom. The SMILES string of the molecule is CC(CF)(NC(=O)c1cc(-c2ccc(Cl)cc2)cc(-n2cnnn2)c1)C(F)F. The maximum Gasteiger partial charge on any atom is 0.263 e. The normalized spacial score (nSPS) is 13.4. The number of carbonyl (C=O) groups is 1. The Balaban J connectivity index is 2.05. The number of hydrogen-bond acceptors (Lipinski definition) is 4. The molecule has 3 rings (SSSR count). The van der Waals surface area contributed by atoms with E-state index in [9.17, 15) is 18.0 Å². The Morgan fingerprint density at radius 3 is 2.50 bits per heavy atom. The number of aromatic nitrogens is 4. The predicted octanol–water partition coefficient (Wildman–Crippen LogP) is 3.71. The number of nitrogens with one attached hydrogen (secondary N) is 1. The Kier molecular flexibility index (Phi) is 5.64. The Bertz CT molecular complexity index is 966. The van der Waals surface area contributed by atoms with Crippen molar-refractivity contribution in [2.24, 2.45) is 0 Å². The molecule has 1 heterocycles. The van der Waals surface area contributed by atoms with Gasteiger partial charge < -0.3 is 5.32 Å². The van der Waals surface area contributed by atoms with E-state index in [2.05, 4.69) is 20.8 Å². The van der Waals surface area contributed by atoms with E-state index in [1.165, 1.54) is 23.1 Å². The van der Waals surface area contributed by atoms with E-state index >= 15 is 0 Å². The van der Waals surface area contributed by atoms with Crippen LogP contribution in [-0.2, 0) is 0 Å². The maximum atomic E-state index is 13.1. The van der Waals surface area contributed by atoms with Crippen LogP contribution in [0.5, 0.6) is 0 Å². The second-order valence-electron chi connectivity index (χ2n) is 6.34. The third-order valence-corrected chi connectivity index (χ3v) is 4.38. The number of benzene rings is 2. The summed E-state index contributed by atoms with van der Waals surface area (Å²) in [5, 5.41) is 13.5. The highest BCUT2D eigenvalue weighted by molar-refractivity contribution is 6.30. The summed E-state index contributed by atoms with van der Waals surface area (Å²) >= 11 is 5.91. The van der Waals surface area contributed by atoms with Crippen molar-refractivity contribution in [2.45, 2.75) is 18.9 Å². The van der Waals surface area contributed by atoms with E-state index in [4.69, 9.17) is 11.6 Å². The van der Waals surface area contributed by atoms with Gasteiger partial charge in [0.15, 0.2) is 0 Å². The molecular formula is C18H15ClF3N5O. The number of rotatable bonds is 6. The number of carbonyl (C=O) groups excluding carboxylic acids is 1. The number of hydrogen-bond donors (Lipinski definition) is 1. The van der Waals surface area contributed by atoms with Crippen molar-refractivity contribution in [3.05, 3.63) is 59.4 Å². The van der Waals surface area contributed by atoms with Gasteiger partial charge in [0.05, 0.1) is 5.69 Å². The zero-order valence-electron chi connectivity index (χ0n) is 14.6. The molecule has 1 N–H and O–H groups in total. The minimum absolute atomic E-state index is 0.0540. The molecule has 0 saturated heterocycles. The van der Waals surface area contributed by atoms with Crippen molar-refractivity contribution in [3.63, 3.8) is 0 Å². The third kappa shape index (κ3) is 4.14. The summed E-state index contributed by atoms with van der Waals surface area (Å²) in [6.07, 6.45) is -1.74. The van der Waals surface area contributed by atoms with Gasteiger partial charge >= 0.3 is 0 Å². The van der Waals surface area contributed by atoms with Crippen molar-refractivity contribution in [1.82, 2.24) is 25.5 Å². The smallest absolute Gasteiger partial charge is 0.263 e. The first kappa shape index (κ1) is 19.8. The first-order valence-corrected chi connectivity index (χ1v) is 8.51. The standard InChI is InChI=1S/C18H15ClF3N5O/c1-18(9-20,17(21)22)24-16(28)13-6-12(11-2-4-14(19)5-3-11)7-15(8-13)27-10-23-25-26-27/h2-8,10,17H,9H2,1H3,(H,24,28). The maximum absolute atomic E-state index is 13.1. The van der Waals surface area contributed by atoms with Crippen LogP contribution in [0.1, 0.15) is 17.3 Å². The van der Waals surface area contributed by atoms with Crippen molar-refractivity contribution in [1.29, 1.82) is 0 Å². The van der Waals surface area contributed by atoms with Crippen LogP contribution >= 0.6 is 11.6 Å². The van der Waals surface area contributed by atoms with Crippen LogP contribution in [-0.4, -0.2) is 44.8 Å². The van der Waals surface area contributed by atoms with Crippen LogP contribution < -0.4 is 5.32 Å². The lowest BCUT2D eigenvalue weighted by Crippen LogP contribution is -2.53. The van der Waals surface area contributed by atoms with Crippen molar-refractivity contribution in [2.75, 3.05) is 6.67 Å². The molecule has 0 bridgehead atoms. The van der Waals surface area contributed by atoms with Crippen molar-refractivity contribution in [3.8, 4) is 16.8 Å². The number of halogens is 4. The second-order valence-corrected chi connectivity index (χ2v) is 6.77. The van der Waals surface area contributed by atoms with Crippen LogP contribution in [0.4, 0.5) is 13.2 Å². The van der Waals surface area contributed by atoms with Gasteiger partial charge in [0, 0.05) is 10.6 Å². The van der Waals surface area contributed by atoms with E-state index in [1.54, 1.807) is 30.3 Å². The summed E-state index contributed by atoms with van der Waals surface area (Å²) in [5.41, 5.74) is -0.466. The number of nitrogens with zero attached hydrogens (tertiary/aromatic N) is 4. The molecule has 2 aromatic carbocycles. The summed E-state index contributed by atoms with van der Waals surface area (Å²) in [6, 6.07) is 11.5. The largest absolute Gasteiger partial charge is 0.339 e. The lowest BCUT2D eigenvalue weighted by atomic mass is 10.00. The average Bonchev–Trinajstić information content (AvgIpc) is 3.22. The monoisotopic (exact) mass is 409 g/mol. The molecule has 0 aliphatic rings. The molecule has 28 heavy (non-hydrogen) atoms. The minimum atomic E-state index is -3.07. The molecule has 0 aliphatic carbocycles. The van der Waals surface area contributed by atoms with Gasteiger partial charge in [-0.05, 0) is 58.8 Å². The summed E-state index contributed by atoms with van der Waals surface area (Å²) in [6.45, 7) is -0.464. The highest BCUT2D eigenvalue weighted by Gasteiger charge is 2.37.